The lowest BCUT2D eigenvalue weighted by Gasteiger charge is -2.13. The molecule has 4 rings (SSSR count). The minimum absolute atomic E-state index is 0.0909. The minimum Gasteiger partial charge on any atom is -0.487 e. The Kier molecular flexibility index (Phi) is 5.56. The van der Waals surface area contributed by atoms with Crippen molar-refractivity contribution in [1.29, 1.82) is 5.26 Å². The maximum Gasteiger partial charge on any atom is 0.174 e. The van der Waals surface area contributed by atoms with Crippen molar-refractivity contribution in [3.8, 4) is 28.8 Å². The summed E-state index contributed by atoms with van der Waals surface area (Å²) in [5.74, 6) is 0.909. The minimum atomic E-state index is -0.380. The molecule has 3 N–H and O–H groups in total. The Bertz CT molecular complexity index is 1310. The van der Waals surface area contributed by atoms with Crippen molar-refractivity contribution in [2.45, 2.75) is 6.92 Å². The third-order valence-electron chi connectivity index (χ3n) is 4.76. The van der Waals surface area contributed by atoms with Crippen LogP contribution in [0.3, 0.4) is 0 Å². The third-order valence-corrected chi connectivity index (χ3v) is 4.76. The van der Waals surface area contributed by atoms with Crippen LogP contribution in [0.1, 0.15) is 5.82 Å². The molecule has 0 aliphatic heterocycles. The summed E-state index contributed by atoms with van der Waals surface area (Å²) in [6, 6.07) is 9.99. The van der Waals surface area contributed by atoms with Gasteiger partial charge in [0.05, 0.1) is 28.9 Å². The Morgan fingerprint density at radius 1 is 1.19 bits per heavy atom. The molecule has 0 unspecified atom stereocenters. The molecule has 0 radical (unpaired) electrons. The van der Waals surface area contributed by atoms with Gasteiger partial charge in [-0.3, -0.25) is 0 Å². The lowest BCUT2D eigenvalue weighted by atomic mass is 10.0. The van der Waals surface area contributed by atoms with Crippen LogP contribution in [-0.2, 0) is 0 Å². The van der Waals surface area contributed by atoms with E-state index in [1.165, 1.54) is 12.1 Å². The fourth-order valence-electron chi connectivity index (χ4n) is 3.53. The number of anilines is 1. The topological polar surface area (TPSA) is 116 Å². The van der Waals surface area contributed by atoms with Crippen molar-refractivity contribution in [3.05, 3.63) is 42.0 Å². The molecule has 4 aromatic rings. The second-order valence-corrected chi connectivity index (χ2v) is 6.77. The van der Waals surface area contributed by atoms with Crippen LogP contribution in [-0.4, -0.2) is 46.9 Å². The Hall–Kier alpha value is -3.90. The summed E-state index contributed by atoms with van der Waals surface area (Å²) in [4.78, 5) is 12.4. The maximum absolute atomic E-state index is 14.3. The molecule has 2 aromatic heterocycles. The lowest BCUT2D eigenvalue weighted by molar-refractivity contribution is 0.195. The van der Waals surface area contributed by atoms with Gasteiger partial charge < -0.3 is 24.9 Å². The van der Waals surface area contributed by atoms with Crippen LogP contribution in [0.5, 0.6) is 11.5 Å². The first-order valence-corrected chi connectivity index (χ1v) is 9.61. The molecular weight excluding hydrogens is 401 g/mol. The van der Waals surface area contributed by atoms with E-state index >= 15 is 0 Å². The van der Waals surface area contributed by atoms with Crippen molar-refractivity contribution in [3.63, 3.8) is 0 Å². The molecule has 2 aromatic carbocycles. The van der Waals surface area contributed by atoms with E-state index in [-0.39, 0.29) is 25.6 Å². The van der Waals surface area contributed by atoms with Gasteiger partial charge in [-0.15, -0.1) is 0 Å². The zero-order valence-corrected chi connectivity index (χ0v) is 17.0. The quantitative estimate of drug-likeness (QED) is 0.418. The van der Waals surface area contributed by atoms with Crippen LogP contribution >= 0.6 is 0 Å². The van der Waals surface area contributed by atoms with E-state index in [4.69, 9.17) is 19.8 Å². The number of benzene rings is 2. The van der Waals surface area contributed by atoms with Crippen LogP contribution in [0.15, 0.2) is 30.3 Å². The maximum atomic E-state index is 14.3. The fourth-order valence-corrected chi connectivity index (χ4v) is 3.53. The van der Waals surface area contributed by atoms with E-state index in [9.17, 15) is 4.39 Å². The summed E-state index contributed by atoms with van der Waals surface area (Å²) in [5, 5.41) is 22.3. The van der Waals surface area contributed by atoms with Crippen molar-refractivity contribution in [2.75, 3.05) is 32.2 Å². The summed E-state index contributed by atoms with van der Waals surface area (Å²) >= 11 is 0. The average Bonchev–Trinajstić information content (AvgIpc) is 3.13. The zero-order chi connectivity index (χ0) is 22.0. The van der Waals surface area contributed by atoms with E-state index in [0.29, 0.717) is 50.7 Å². The molecule has 31 heavy (non-hydrogen) atoms. The van der Waals surface area contributed by atoms with Crippen molar-refractivity contribution in [2.24, 2.45) is 0 Å². The molecule has 0 fully saturated rings. The SMILES string of the molecule is CNc1cc(F)cc2c1[nH]c1nc(C)nc(-c3ccc(OCCO)c(OCC#N)c3)c12. The fraction of sp³-hybridized carbons (Fsp3) is 0.227. The summed E-state index contributed by atoms with van der Waals surface area (Å²) in [6.45, 7) is 1.55. The molecule has 8 nitrogen and oxygen atoms in total. The molecule has 158 valence electrons. The number of aromatic amines is 1. The molecule has 2 heterocycles. The summed E-state index contributed by atoms with van der Waals surface area (Å²) in [7, 11) is 1.72. The number of aliphatic hydroxyl groups is 1. The van der Waals surface area contributed by atoms with Crippen LogP contribution in [0.4, 0.5) is 10.1 Å². The van der Waals surface area contributed by atoms with Gasteiger partial charge in [-0.25, -0.2) is 14.4 Å². The van der Waals surface area contributed by atoms with Crippen LogP contribution in [0.25, 0.3) is 33.2 Å². The van der Waals surface area contributed by atoms with Gasteiger partial charge >= 0.3 is 0 Å². The van der Waals surface area contributed by atoms with Gasteiger partial charge in [0.1, 0.15) is 30.0 Å². The summed E-state index contributed by atoms with van der Waals surface area (Å²) in [6.07, 6.45) is 0. The standard InChI is InChI=1S/C22H20FN5O3/c1-12-26-20(13-3-4-17(31-8-6-29)18(9-13)30-7-5-24)19-15-10-14(23)11-16(25-2)21(15)28-22(19)27-12/h3-4,9-11,25,29H,6-8H2,1-2H3,(H,26,27,28). The first kappa shape index (κ1) is 20.4. The third kappa shape index (κ3) is 3.81. The van der Waals surface area contributed by atoms with Crippen molar-refractivity contribution >= 4 is 27.6 Å². The first-order valence-electron chi connectivity index (χ1n) is 9.61. The van der Waals surface area contributed by atoms with Gasteiger partial charge in [0.2, 0.25) is 0 Å². The molecule has 0 aliphatic carbocycles. The number of rotatable bonds is 7. The molecule has 0 aliphatic rings. The molecule has 0 saturated heterocycles. The highest BCUT2D eigenvalue weighted by Gasteiger charge is 2.18. The number of H-pyrrole nitrogens is 1. The number of ether oxygens (including phenoxy) is 2. The predicted octanol–water partition coefficient (Wildman–Crippen LogP) is 3.54. The molecule has 0 saturated carbocycles. The number of halogens is 1. The lowest BCUT2D eigenvalue weighted by Crippen LogP contribution is -2.04. The number of aromatic nitrogens is 3. The average molecular weight is 421 g/mol. The van der Waals surface area contributed by atoms with E-state index in [1.807, 2.05) is 6.07 Å². The van der Waals surface area contributed by atoms with Crippen LogP contribution in [0, 0.1) is 24.1 Å². The monoisotopic (exact) mass is 421 g/mol. The molecule has 0 atom stereocenters. The van der Waals surface area contributed by atoms with Gasteiger partial charge in [0.25, 0.3) is 0 Å². The highest BCUT2D eigenvalue weighted by Crippen LogP contribution is 2.38. The van der Waals surface area contributed by atoms with E-state index in [2.05, 4.69) is 20.3 Å². The number of aryl methyl sites for hydroxylation is 1. The number of nitrogens with one attached hydrogen (secondary N) is 2. The Balaban J connectivity index is 1.96. The highest BCUT2D eigenvalue weighted by atomic mass is 19.1. The zero-order valence-electron chi connectivity index (χ0n) is 17.0. The number of fused-ring (bicyclic) bond motifs is 3. The van der Waals surface area contributed by atoms with E-state index in [1.54, 1.807) is 32.2 Å². The normalized spacial score (nSPS) is 10.9. The first-order chi connectivity index (χ1) is 15.0. The predicted molar refractivity (Wildman–Crippen MR) is 115 cm³/mol. The van der Waals surface area contributed by atoms with Gasteiger partial charge in [0, 0.05) is 18.0 Å². The largest absolute Gasteiger partial charge is 0.487 e. The van der Waals surface area contributed by atoms with E-state index in [0.717, 1.165) is 5.52 Å². The van der Waals surface area contributed by atoms with Crippen molar-refractivity contribution in [1.82, 2.24) is 15.0 Å². The molecule has 9 heteroatoms. The van der Waals surface area contributed by atoms with E-state index < -0.39 is 0 Å². The van der Waals surface area contributed by atoms with Gasteiger partial charge in [-0.2, -0.15) is 5.26 Å². The number of aliphatic hydroxyl groups excluding tert-OH is 1. The number of hydrogen-bond donors (Lipinski definition) is 3. The molecule has 0 bridgehead atoms. The second kappa shape index (κ2) is 8.45. The summed E-state index contributed by atoms with van der Waals surface area (Å²) < 4.78 is 25.3. The van der Waals surface area contributed by atoms with Gasteiger partial charge in [-0.1, -0.05) is 0 Å². The second-order valence-electron chi connectivity index (χ2n) is 6.77. The van der Waals surface area contributed by atoms with Crippen LogP contribution in [0.2, 0.25) is 0 Å². The number of hydrogen-bond acceptors (Lipinski definition) is 7. The van der Waals surface area contributed by atoms with Gasteiger partial charge in [0.15, 0.2) is 18.1 Å². The summed E-state index contributed by atoms with van der Waals surface area (Å²) in [5.41, 5.74) is 3.21. The Morgan fingerprint density at radius 2 is 2.03 bits per heavy atom. The smallest absolute Gasteiger partial charge is 0.174 e. The number of nitriles is 1. The molecule has 0 spiro atoms. The van der Waals surface area contributed by atoms with Crippen molar-refractivity contribution < 1.29 is 19.0 Å². The highest BCUT2D eigenvalue weighted by molar-refractivity contribution is 6.15. The van der Waals surface area contributed by atoms with Crippen LogP contribution < -0.4 is 14.8 Å². The van der Waals surface area contributed by atoms with Gasteiger partial charge in [-0.05, 0) is 37.3 Å². The number of nitrogens with zero attached hydrogens (tertiary/aromatic N) is 3. The molecule has 0 amide bonds. The Morgan fingerprint density at radius 3 is 2.77 bits per heavy atom. The Labute approximate surface area is 177 Å². The molecular formula is C22H20FN5O3.